The Morgan fingerprint density at radius 2 is 1.47 bits per heavy atom. The van der Waals surface area contributed by atoms with E-state index in [1.807, 2.05) is 54.6 Å². The summed E-state index contributed by atoms with van der Waals surface area (Å²) in [7, 11) is 0. The SMILES string of the molecule is CC1CC=CC(c2cccc3c4cc(C#N)ccc4n(-c4cccc(C#N)c4)c23)C1c1ccc2c(c1)C1C=CC=CC1N2c1ccccc1C#N. The lowest BCUT2D eigenvalue weighted by Crippen LogP contribution is -2.29. The second-order valence-corrected chi connectivity index (χ2v) is 13.9. The molecule has 0 saturated carbocycles. The fourth-order valence-electron chi connectivity index (χ4n) is 8.94. The van der Waals surface area contributed by atoms with Crippen LogP contribution >= 0.6 is 0 Å². The predicted molar refractivity (Wildman–Crippen MR) is 203 cm³/mol. The summed E-state index contributed by atoms with van der Waals surface area (Å²) in [6.07, 6.45) is 14.5. The third kappa shape index (κ3) is 4.73. The average Bonchev–Trinajstić information content (AvgIpc) is 3.70. The molecule has 0 radical (unpaired) electrons. The summed E-state index contributed by atoms with van der Waals surface area (Å²) in [6, 6.07) is 42.3. The van der Waals surface area contributed by atoms with E-state index in [1.54, 1.807) is 0 Å². The summed E-state index contributed by atoms with van der Waals surface area (Å²) in [5, 5.41) is 31.8. The van der Waals surface area contributed by atoms with Crippen molar-refractivity contribution < 1.29 is 0 Å². The molecule has 5 heteroatoms. The van der Waals surface area contributed by atoms with Crippen molar-refractivity contribution in [3.8, 4) is 23.9 Å². The van der Waals surface area contributed by atoms with Crippen molar-refractivity contribution in [3.05, 3.63) is 173 Å². The number of hydrogen-bond donors (Lipinski definition) is 0. The van der Waals surface area contributed by atoms with E-state index in [1.165, 1.54) is 16.7 Å². The highest BCUT2D eigenvalue weighted by Crippen LogP contribution is 2.52. The lowest BCUT2D eigenvalue weighted by Gasteiger charge is -2.35. The number of benzene rings is 5. The van der Waals surface area contributed by atoms with Crippen LogP contribution in [0, 0.1) is 39.9 Å². The molecular formula is C46H33N5. The van der Waals surface area contributed by atoms with Crippen LogP contribution in [0.2, 0.25) is 0 Å². The van der Waals surface area contributed by atoms with Crippen molar-refractivity contribution in [2.24, 2.45) is 5.92 Å². The van der Waals surface area contributed by atoms with Crippen molar-refractivity contribution in [1.29, 1.82) is 15.8 Å². The normalized spacial score (nSPS) is 21.6. The number of anilines is 2. The Morgan fingerprint density at radius 3 is 2.33 bits per heavy atom. The minimum Gasteiger partial charge on any atom is -0.332 e. The molecule has 2 heterocycles. The van der Waals surface area contributed by atoms with E-state index in [2.05, 4.69) is 120 Å². The smallest absolute Gasteiger partial charge is 0.101 e. The molecule has 0 bridgehead atoms. The van der Waals surface area contributed by atoms with Crippen LogP contribution in [-0.2, 0) is 0 Å². The quantitative estimate of drug-likeness (QED) is 0.177. The number of fused-ring (bicyclic) bond motifs is 6. The third-order valence-electron chi connectivity index (χ3n) is 11.1. The molecule has 51 heavy (non-hydrogen) atoms. The molecule has 5 nitrogen and oxygen atoms in total. The van der Waals surface area contributed by atoms with E-state index in [0.29, 0.717) is 22.6 Å². The van der Waals surface area contributed by atoms with E-state index in [0.717, 1.165) is 45.3 Å². The summed E-state index contributed by atoms with van der Waals surface area (Å²) >= 11 is 0. The minimum absolute atomic E-state index is 0.0857. The second kappa shape index (κ2) is 12.1. The molecule has 0 fully saturated rings. The van der Waals surface area contributed by atoms with Gasteiger partial charge in [0.1, 0.15) is 6.07 Å². The highest BCUT2D eigenvalue weighted by Gasteiger charge is 2.40. The molecule has 0 amide bonds. The largest absolute Gasteiger partial charge is 0.332 e. The molecule has 2 aliphatic carbocycles. The number of aromatic nitrogens is 1. The van der Waals surface area contributed by atoms with E-state index in [4.69, 9.17) is 0 Å². The molecule has 5 unspecified atom stereocenters. The van der Waals surface area contributed by atoms with Crippen LogP contribution in [0.25, 0.3) is 27.5 Å². The van der Waals surface area contributed by atoms with Gasteiger partial charge < -0.3 is 9.47 Å². The Bertz CT molecular complexity index is 2620. The lowest BCUT2D eigenvalue weighted by atomic mass is 9.69. The maximum absolute atomic E-state index is 10.0. The minimum atomic E-state index is 0.0857. The van der Waals surface area contributed by atoms with Gasteiger partial charge in [-0.25, -0.2) is 0 Å². The monoisotopic (exact) mass is 655 g/mol. The fraction of sp³-hybridized carbons (Fsp3) is 0.152. The summed E-state index contributed by atoms with van der Waals surface area (Å²) in [6.45, 7) is 2.36. The molecule has 242 valence electrons. The Kier molecular flexibility index (Phi) is 7.20. The maximum atomic E-state index is 10.0. The van der Waals surface area contributed by atoms with Crippen LogP contribution in [0.3, 0.4) is 0 Å². The summed E-state index contributed by atoms with van der Waals surface area (Å²) in [5.74, 6) is 0.854. The number of nitriles is 3. The Balaban J connectivity index is 1.24. The molecule has 1 aliphatic heterocycles. The van der Waals surface area contributed by atoms with E-state index < -0.39 is 0 Å². The average molecular weight is 656 g/mol. The van der Waals surface area contributed by atoms with E-state index in [-0.39, 0.29) is 23.8 Å². The maximum Gasteiger partial charge on any atom is 0.101 e. The fourth-order valence-corrected chi connectivity index (χ4v) is 8.94. The van der Waals surface area contributed by atoms with Crippen LogP contribution in [-0.4, -0.2) is 10.6 Å². The summed E-state index contributed by atoms with van der Waals surface area (Å²) in [4.78, 5) is 2.34. The van der Waals surface area contributed by atoms with Crippen LogP contribution in [0.1, 0.15) is 64.5 Å². The van der Waals surface area contributed by atoms with Gasteiger partial charge in [-0.3, -0.25) is 0 Å². The first-order chi connectivity index (χ1) is 25.1. The summed E-state index contributed by atoms with van der Waals surface area (Å²) < 4.78 is 2.28. The predicted octanol–water partition coefficient (Wildman–Crippen LogP) is 10.6. The van der Waals surface area contributed by atoms with Gasteiger partial charge in [-0.15, -0.1) is 0 Å². The molecule has 3 aliphatic rings. The van der Waals surface area contributed by atoms with E-state index >= 15 is 0 Å². The van der Waals surface area contributed by atoms with Crippen molar-refractivity contribution >= 4 is 33.2 Å². The van der Waals surface area contributed by atoms with Gasteiger partial charge in [0.2, 0.25) is 0 Å². The van der Waals surface area contributed by atoms with Crippen LogP contribution < -0.4 is 4.90 Å². The zero-order chi connectivity index (χ0) is 34.6. The summed E-state index contributed by atoms with van der Waals surface area (Å²) in [5.41, 5.74) is 10.8. The van der Waals surface area contributed by atoms with Crippen molar-refractivity contribution in [2.45, 2.75) is 37.1 Å². The van der Waals surface area contributed by atoms with Gasteiger partial charge in [-0.1, -0.05) is 91.9 Å². The first kappa shape index (κ1) is 30.4. The number of rotatable bonds is 4. The standard InChI is InChI=1S/C46H33N5/c1-29-9-6-14-36(37-15-8-16-38-39-24-31(27-48)19-21-43(39)50(46(37)38)34-12-7-10-30(23-34)26-47)45(29)32-20-22-44-40(25-32)35-13-3-5-18-42(35)51(44)41-17-4-2-11-33(41)28-49/h2-8,10-25,29,35-36,42,45H,9H2,1H3. The molecule has 5 aromatic carbocycles. The third-order valence-corrected chi connectivity index (χ3v) is 11.1. The number of allylic oxidation sites excluding steroid dienone is 4. The van der Waals surface area contributed by atoms with Crippen molar-refractivity contribution in [3.63, 3.8) is 0 Å². The zero-order valence-corrected chi connectivity index (χ0v) is 28.1. The molecule has 5 atom stereocenters. The van der Waals surface area contributed by atoms with Gasteiger partial charge in [0.05, 0.1) is 51.6 Å². The Morgan fingerprint density at radius 1 is 0.647 bits per heavy atom. The zero-order valence-electron chi connectivity index (χ0n) is 28.1. The van der Waals surface area contributed by atoms with Gasteiger partial charge in [0.15, 0.2) is 0 Å². The molecule has 0 N–H and O–H groups in total. The molecule has 9 rings (SSSR count). The molecule has 0 saturated heterocycles. The highest BCUT2D eigenvalue weighted by atomic mass is 15.2. The Hall–Kier alpha value is -6.61. The van der Waals surface area contributed by atoms with Gasteiger partial charge in [0, 0.05) is 34.0 Å². The molecule has 1 aromatic heterocycles. The van der Waals surface area contributed by atoms with Gasteiger partial charge in [0.25, 0.3) is 0 Å². The second-order valence-electron chi connectivity index (χ2n) is 13.9. The van der Waals surface area contributed by atoms with Crippen molar-refractivity contribution in [2.75, 3.05) is 4.90 Å². The van der Waals surface area contributed by atoms with Crippen LogP contribution in [0.5, 0.6) is 0 Å². The van der Waals surface area contributed by atoms with Gasteiger partial charge in [-0.2, -0.15) is 15.8 Å². The van der Waals surface area contributed by atoms with Crippen LogP contribution in [0.15, 0.2) is 140 Å². The first-order valence-corrected chi connectivity index (χ1v) is 17.5. The first-order valence-electron chi connectivity index (χ1n) is 17.5. The number of para-hydroxylation sites is 2. The van der Waals surface area contributed by atoms with Gasteiger partial charge in [-0.05, 0) is 89.5 Å². The molecular weight excluding hydrogens is 623 g/mol. The molecule has 6 aromatic rings. The van der Waals surface area contributed by atoms with Crippen molar-refractivity contribution in [1.82, 2.24) is 4.57 Å². The van der Waals surface area contributed by atoms with Gasteiger partial charge >= 0.3 is 0 Å². The number of nitrogens with zero attached hydrogens (tertiary/aromatic N) is 5. The topological polar surface area (TPSA) is 79.5 Å². The van der Waals surface area contributed by atoms with Crippen LogP contribution in [0.4, 0.5) is 11.4 Å². The number of hydrogen-bond acceptors (Lipinski definition) is 4. The van der Waals surface area contributed by atoms with E-state index in [9.17, 15) is 15.8 Å². The lowest BCUT2D eigenvalue weighted by molar-refractivity contribution is 0.413. The Labute approximate surface area is 297 Å². The highest BCUT2D eigenvalue weighted by molar-refractivity contribution is 6.11. The molecule has 0 spiro atoms.